The lowest BCUT2D eigenvalue weighted by molar-refractivity contribution is -0.186. The van der Waals surface area contributed by atoms with Gasteiger partial charge in [0.2, 0.25) is 35.4 Å². The van der Waals surface area contributed by atoms with Gasteiger partial charge in [-0.1, -0.05) is 60.7 Å². The molecule has 0 saturated carbocycles. The summed E-state index contributed by atoms with van der Waals surface area (Å²) in [7, 11) is 3.10. The first-order valence-corrected chi connectivity index (χ1v) is 26.4. The standard InChI is InChI=1S/C53H76F6N10O8/c1-36(60-3)46(72)64-42(48(74)68-30-14-20-40(68)34-66(50(76)52(54,55)56)32-26-38-16-8-5-9-17-38)22-24-44(70)62-28-12-7-13-29-63-45(71)25-23-43(65-47(73)37(2)61-4)49(75)69-31-15-21-41(69)35-67(51(77)53(57,58)59)33-27-39-18-10-6-11-19-39/h5-6,8-11,16-19,36-37,40-43,60-61H,7,12-15,20-35H2,1-4H3,(H,62,70)(H,63,71)(H,64,72)(H,65,73)/t36-,37+,40-,41-,42-,43-/m0/s1. The fourth-order valence-corrected chi connectivity index (χ4v) is 9.25. The molecule has 4 rings (SSSR count). The van der Waals surface area contributed by atoms with Crippen LogP contribution in [0.5, 0.6) is 0 Å². The summed E-state index contributed by atoms with van der Waals surface area (Å²) in [6.07, 6.45) is -7.33. The summed E-state index contributed by atoms with van der Waals surface area (Å²) in [6.45, 7) is 2.81. The topological polar surface area (TPSA) is 222 Å². The van der Waals surface area contributed by atoms with E-state index in [2.05, 4.69) is 31.9 Å². The highest BCUT2D eigenvalue weighted by atomic mass is 19.4. The molecule has 18 nitrogen and oxygen atoms in total. The van der Waals surface area contributed by atoms with Gasteiger partial charge in [0.05, 0.1) is 12.1 Å². The number of rotatable bonds is 30. The van der Waals surface area contributed by atoms with Gasteiger partial charge in [0.1, 0.15) is 12.1 Å². The molecule has 2 heterocycles. The number of hydrogen-bond donors (Lipinski definition) is 6. The average molecular weight is 1100 g/mol. The van der Waals surface area contributed by atoms with Gasteiger partial charge in [0.15, 0.2) is 0 Å². The van der Waals surface area contributed by atoms with Gasteiger partial charge >= 0.3 is 24.2 Å². The number of carbonyl (C=O) groups is 8. The minimum Gasteiger partial charge on any atom is -0.356 e. The minimum atomic E-state index is -5.13. The van der Waals surface area contributed by atoms with E-state index in [4.69, 9.17) is 0 Å². The van der Waals surface area contributed by atoms with Crippen molar-refractivity contribution in [2.24, 2.45) is 0 Å². The Bertz CT molecular complexity index is 2090. The number of benzene rings is 2. The zero-order chi connectivity index (χ0) is 56.7. The van der Waals surface area contributed by atoms with Crippen molar-refractivity contribution in [1.82, 2.24) is 51.5 Å². The normalized spacial score (nSPS) is 17.2. The molecule has 2 aromatic carbocycles. The van der Waals surface area contributed by atoms with Crippen molar-refractivity contribution in [2.45, 2.75) is 146 Å². The highest BCUT2D eigenvalue weighted by Crippen LogP contribution is 2.27. The van der Waals surface area contributed by atoms with E-state index in [1.807, 2.05) is 0 Å². The summed E-state index contributed by atoms with van der Waals surface area (Å²) in [6, 6.07) is 12.2. The van der Waals surface area contributed by atoms with E-state index in [0.29, 0.717) is 44.9 Å². The monoisotopic (exact) mass is 1090 g/mol. The number of amides is 8. The highest BCUT2D eigenvalue weighted by Gasteiger charge is 2.46. The van der Waals surface area contributed by atoms with Crippen molar-refractivity contribution in [3.8, 4) is 0 Å². The van der Waals surface area contributed by atoms with Crippen LogP contribution < -0.4 is 31.9 Å². The maximum absolute atomic E-state index is 14.1. The zero-order valence-corrected chi connectivity index (χ0v) is 44.4. The fourth-order valence-electron chi connectivity index (χ4n) is 9.25. The molecule has 0 unspecified atom stereocenters. The molecule has 2 saturated heterocycles. The molecule has 428 valence electrons. The molecule has 2 fully saturated rings. The van der Waals surface area contributed by atoms with Gasteiger partial charge in [0, 0.05) is 77.3 Å². The Morgan fingerprint density at radius 3 is 1.27 bits per heavy atom. The predicted octanol–water partition coefficient (Wildman–Crippen LogP) is 3.38. The summed E-state index contributed by atoms with van der Waals surface area (Å²) >= 11 is 0. The molecule has 0 aliphatic carbocycles. The fraction of sp³-hybridized carbons (Fsp3) is 0.623. The molecule has 24 heteroatoms. The van der Waals surface area contributed by atoms with Crippen LogP contribution in [-0.2, 0) is 51.2 Å². The van der Waals surface area contributed by atoms with Gasteiger partial charge in [0.25, 0.3) is 0 Å². The first-order chi connectivity index (χ1) is 36.5. The number of carbonyl (C=O) groups excluding carboxylic acids is 8. The van der Waals surface area contributed by atoms with Crippen LogP contribution in [0.3, 0.4) is 0 Å². The third kappa shape index (κ3) is 20.9. The number of unbranched alkanes of at least 4 members (excludes halogenated alkanes) is 2. The Balaban J connectivity index is 1.25. The van der Waals surface area contributed by atoms with E-state index in [1.54, 1.807) is 88.6 Å². The van der Waals surface area contributed by atoms with Crippen LogP contribution in [0.1, 0.15) is 95.6 Å². The summed E-state index contributed by atoms with van der Waals surface area (Å²) in [5, 5.41) is 16.5. The van der Waals surface area contributed by atoms with E-state index >= 15 is 0 Å². The molecule has 8 amide bonds. The smallest absolute Gasteiger partial charge is 0.356 e. The average Bonchev–Trinajstić information content (AvgIpc) is 4.09. The lowest BCUT2D eigenvalue weighted by atomic mass is 10.1. The summed E-state index contributed by atoms with van der Waals surface area (Å²) in [5.74, 6) is -7.04. The van der Waals surface area contributed by atoms with Crippen molar-refractivity contribution in [1.29, 1.82) is 0 Å². The highest BCUT2D eigenvalue weighted by molar-refractivity contribution is 5.91. The van der Waals surface area contributed by atoms with Crippen LogP contribution in [-0.4, -0.2) is 182 Å². The second-order valence-electron chi connectivity index (χ2n) is 19.6. The van der Waals surface area contributed by atoms with Gasteiger partial charge in [-0.3, -0.25) is 38.4 Å². The Labute approximate surface area is 446 Å². The molecular weight excluding hydrogens is 1020 g/mol. The summed E-state index contributed by atoms with van der Waals surface area (Å²) < 4.78 is 82.5. The molecule has 2 aliphatic rings. The van der Waals surface area contributed by atoms with E-state index < -0.39 is 95.9 Å². The van der Waals surface area contributed by atoms with Crippen molar-refractivity contribution in [2.75, 3.05) is 66.5 Å². The van der Waals surface area contributed by atoms with Gasteiger partial charge in [-0.05, 0) is 110 Å². The minimum absolute atomic E-state index is 0.110. The number of nitrogens with one attached hydrogen (secondary N) is 6. The van der Waals surface area contributed by atoms with Crippen LogP contribution in [0, 0.1) is 0 Å². The number of halogens is 6. The van der Waals surface area contributed by atoms with Crippen molar-refractivity contribution >= 4 is 47.3 Å². The molecule has 6 N–H and O–H groups in total. The first-order valence-electron chi connectivity index (χ1n) is 26.4. The molecular formula is C53H76F6N10O8. The largest absolute Gasteiger partial charge is 0.471 e. The van der Waals surface area contributed by atoms with Crippen LogP contribution in [0.2, 0.25) is 0 Å². The van der Waals surface area contributed by atoms with Crippen molar-refractivity contribution < 1.29 is 64.7 Å². The zero-order valence-electron chi connectivity index (χ0n) is 44.4. The van der Waals surface area contributed by atoms with Crippen molar-refractivity contribution in [3.63, 3.8) is 0 Å². The van der Waals surface area contributed by atoms with Gasteiger partial charge in [-0.25, -0.2) is 0 Å². The van der Waals surface area contributed by atoms with Gasteiger partial charge in [-0.15, -0.1) is 0 Å². The third-order valence-corrected chi connectivity index (χ3v) is 14.0. The third-order valence-electron chi connectivity index (χ3n) is 14.0. The number of nitrogens with zero attached hydrogens (tertiary/aromatic N) is 4. The number of alkyl halides is 6. The molecule has 6 atom stereocenters. The van der Waals surface area contributed by atoms with E-state index in [1.165, 1.54) is 9.80 Å². The summed E-state index contributed by atoms with van der Waals surface area (Å²) in [5.41, 5.74) is 1.47. The maximum atomic E-state index is 14.1. The molecule has 0 spiro atoms. The lowest BCUT2D eigenvalue weighted by Gasteiger charge is -2.33. The predicted molar refractivity (Wildman–Crippen MR) is 274 cm³/mol. The van der Waals surface area contributed by atoms with Crippen LogP contribution in [0.4, 0.5) is 26.3 Å². The summed E-state index contributed by atoms with van der Waals surface area (Å²) in [4.78, 5) is 109. The lowest BCUT2D eigenvalue weighted by Crippen LogP contribution is -2.55. The second-order valence-corrected chi connectivity index (χ2v) is 19.6. The van der Waals surface area contributed by atoms with E-state index in [-0.39, 0.29) is 90.9 Å². The number of hydrogen-bond acceptors (Lipinski definition) is 10. The molecule has 0 aromatic heterocycles. The Kier molecular flexibility index (Phi) is 25.6. The number of likely N-dealkylation sites (tertiary alicyclic amines) is 2. The molecule has 0 bridgehead atoms. The Morgan fingerprint density at radius 2 is 0.935 bits per heavy atom. The maximum Gasteiger partial charge on any atom is 0.471 e. The van der Waals surface area contributed by atoms with Gasteiger partial charge < -0.3 is 51.5 Å². The quantitative estimate of drug-likeness (QED) is 0.0495. The molecule has 77 heavy (non-hydrogen) atoms. The van der Waals surface area contributed by atoms with Crippen LogP contribution in [0.15, 0.2) is 60.7 Å². The number of likely N-dealkylation sites (N-methyl/N-ethyl adjacent to an activating group) is 2. The van der Waals surface area contributed by atoms with E-state index in [9.17, 15) is 64.7 Å². The Hall–Kier alpha value is -6.30. The Morgan fingerprint density at radius 1 is 0.571 bits per heavy atom. The van der Waals surface area contributed by atoms with Gasteiger partial charge in [-0.2, -0.15) is 26.3 Å². The molecule has 2 aromatic rings. The van der Waals surface area contributed by atoms with E-state index in [0.717, 1.165) is 20.9 Å². The first kappa shape index (κ1) is 63.2. The SMILES string of the molecule is CN[C@@H](C)C(=O)N[C@@H](CCC(=O)NCCCCCNC(=O)CC[C@H](NC(=O)[C@@H](C)NC)C(=O)N1CCC[C@H]1CN(CCc1ccccc1)C(=O)C(F)(F)F)C(=O)N1CCC[C@H]1CN(CCc1ccccc1)C(=O)C(F)(F)F. The molecule has 0 radical (unpaired) electrons. The molecule has 2 aliphatic heterocycles. The van der Waals surface area contributed by atoms with Crippen molar-refractivity contribution in [3.05, 3.63) is 71.8 Å². The van der Waals surface area contributed by atoms with Crippen LogP contribution >= 0.6 is 0 Å². The second kappa shape index (κ2) is 31.2. The van der Waals surface area contributed by atoms with Crippen LogP contribution in [0.25, 0.3) is 0 Å².